The van der Waals surface area contributed by atoms with Crippen molar-refractivity contribution in [2.45, 2.75) is 19.9 Å². The third-order valence-electron chi connectivity index (χ3n) is 5.10. The highest BCUT2D eigenvalue weighted by atomic mass is 16.1. The van der Waals surface area contributed by atoms with E-state index >= 15 is 0 Å². The van der Waals surface area contributed by atoms with Gasteiger partial charge in [-0.3, -0.25) is 14.8 Å². The molecule has 0 atom stereocenters. The zero-order valence-electron chi connectivity index (χ0n) is 18.0. The molecule has 162 valence electrons. The summed E-state index contributed by atoms with van der Waals surface area (Å²) in [4.78, 5) is 29.5. The number of anilines is 1. The van der Waals surface area contributed by atoms with Gasteiger partial charge >= 0.3 is 0 Å². The smallest absolute Gasteiger partial charge is 0.202 e. The van der Waals surface area contributed by atoms with Crippen LogP contribution < -0.4 is 5.32 Å². The van der Waals surface area contributed by atoms with E-state index in [-0.39, 0.29) is 12.2 Å². The molecule has 0 aliphatic heterocycles. The van der Waals surface area contributed by atoms with Crippen LogP contribution in [0.1, 0.15) is 18.3 Å². The number of hydrogen-bond acceptors (Lipinski definition) is 7. The number of carbonyl (C=O) groups is 1. The van der Waals surface area contributed by atoms with Gasteiger partial charge in [0.15, 0.2) is 5.82 Å². The Morgan fingerprint density at radius 2 is 1.82 bits per heavy atom. The van der Waals surface area contributed by atoms with Gasteiger partial charge in [-0.25, -0.2) is 14.5 Å². The standard InChI is InChI=1S/C25H21N7O/c1-17(33)13-20-14-26-16-22(29-20)24-30-25(28-15-19-9-5-6-11-27-19)23-21(10-12-32(23)31-24)18-7-3-2-4-8-18/h2-12,14,16H,13,15H2,1H3,(H,28,30,31). The van der Waals surface area contributed by atoms with Crippen molar-refractivity contribution >= 4 is 17.1 Å². The zero-order valence-corrected chi connectivity index (χ0v) is 18.0. The van der Waals surface area contributed by atoms with Crippen molar-refractivity contribution in [1.29, 1.82) is 0 Å². The minimum Gasteiger partial charge on any atom is -0.363 e. The highest BCUT2D eigenvalue weighted by Crippen LogP contribution is 2.31. The Labute approximate surface area is 190 Å². The van der Waals surface area contributed by atoms with E-state index in [4.69, 9.17) is 10.1 Å². The molecule has 0 aliphatic rings. The second-order valence-electron chi connectivity index (χ2n) is 7.62. The molecule has 5 rings (SSSR count). The number of nitrogens with one attached hydrogen (secondary N) is 1. The van der Waals surface area contributed by atoms with Gasteiger partial charge in [0, 0.05) is 30.6 Å². The molecule has 0 spiro atoms. The summed E-state index contributed by atoms with van der Waals surface area (Å²) in [6.07, 6.45) is 7.08. The predicted molar refractivity (Wildman–Crippen MR) is 125 cm³/mol. The molecule has 0 radical (unpaired) electrons. The Bertz CT molecular complexity index is 1420. The van der Waals surface area contributed by atoms with Crippen molar-refractivity contribution in [2.75, 3.05) is 5.32 Å². The largest absolute Gasteiger partial charge is 0.363 e. The molecular weight excluding hydrogens is 414 g/mol. The first kappa shape index (κ1) is 20.4. The maximum atomic E-state index is 11.5. The minimum absolute atomic E-state index is 0.0217. The van der Waals surface area contributed by atoms with Gasteiger partial charge in [-0.15, -0.1) is 5.10 Å². The van der Waals surface area contributed by atoms with Gasteiger partial charge in [0.2, 0.25) is 5.82 Å². The van der Waals surface area contributed by atoms with Crippen LogP contribution in [0.2, 0.25) is 0 Å². The van der Waals surface area contributed by atoms with E-state index < -0.39 is 0 Å². The lowest BCUT2D eigenvalue weighted by atomic mass is 10.1. The number of Topliss-reactive ketones (excluding diaryl/α,β-unsaturated/α-hetero) is 1. The van der Waals surface area contributed by atoms with Crippen molar-refractivity contribution in [2.24, 2.45) is 0 Å². The van der Waals surface area contributed by atoms with Crippen LogP contribution in [0.3, 0.4) is 0 Å². The summed E-state index contributed by atoms with van der Waals surface area (Å²) in [7, 11) is 0. The molecule has 4 heterocycles. The van der Waals surface area contributed by atoms with Crippen molar-refractivity contribution in [3.05, 3.63) is 90.8 Å². The summed E-state index contributed by atoms with van der Waals surface area (Å²) >= 11 is 0. The number of nitrogens with zero attached hydrogens (tertiary/aromatic N) is 6. The van der Waals surface area contributed by atoms with Crippen molar-refractivity contribution < 1.29 is 4.79 Å². The molecule has 0 saturated heterocycles. The van der Waals surface area contributed by atoms with Gasteiger partial charge in [0.1, 0.15) is 17.0 Å². The zero-order chi connectivity index (χ0) is 22.6. The molecule has 0 fully saturated rings. The third kappa shape index (κ3) is 4.45. The Balaban J connectivity index is 1.61. The van der Waals surface area contributed by atoms with Crippen LogP contribution in [0.4, 0.5) is 5.82 Å². The van der Waals surface area contributed by atoms with E-state index in [0.29, 0.717) is 29.6 Å². The fraction of sp³-hybridized carbons (Fsp3) is 0.120. The minimum atomic E-state index is 0.0217. The first-order valence-corrected chi connectivity index (χ1v) is 10.6. The van der Waals surface area contributed by atoms with Gasteiger partial charge in [-0.1, -0.05) is 36.4 Å². The number of ketones is 1. The quantitative estimate of drug-likeness (QED) is 0.413. The molecule has 0 saturated carbocycles. The maximum absolute atomic E-state index is 11.5. The van der Waals surface area contributed by atoms with E-state index in [2.05, 4.69) is 32.4 Å². The fourth-order valence-electron chi connectivity index (χ4n) is 3.64. The molecule has 1 aromatic carbocycles. The summed E-state index contributed by atoms with van der Waals surface area (Å²) in [5, 5.41) is 8.11. The molecule has 4 aromatic heterocycles. The van der Waals surface area contributed by atoms with Crippen molar-refractivity contribution in [3.8, 4) is 22.6 Å². The third-order valence-corrected chi connectivity index (χ3v) is 5.10. The highest BCUT2D eigenvalue weighted by molar-refractivity contribution is 5.89. The lowest BCUT2D eigenvalue weighted by Crippen LogP contribution is -2.09. The first-order chi connectivity index (χ1) is 16.2. The maximum Gasteiger partial charge on any atom is 0.202 e. The Kier molecular flexibility index (Phi) is 5.55. The number of carbonyl (C=O) groups excluding carboxylic acids is 1. The van der Waals surface area contributed by atoms with E-state index in [1.165, 1.54) is 6.92 Å². The summed E-state index contributed by atoms with van der Waals surface area (Å²) in [5.74, 6) is 1.10. The molecule has 0 bridgehead atoms. The predicted octanol–water partition coefficient (Wildman–Crippen LogP) is 3.99. The van der Waals surface area contributed by atoms with Crippen LogP contribution in [-0.4, -0.2) is 35.3 Å². The number of hydrogen-bond donors (Lipinski definition) is 1. The van der Waals surface area contributed by atoms with Crippen molar-refractivity contribution in [3.63, 3.8) is 0 Å². The number of rotatable bonds is 7. The summed E-state index contributed by atoms with van der Waals surface area (Å²) < 4.78 is 1.80. The Hall–Kier alpha value is -4.46. The van der Waals surface area contributed by atoms with Crippen LogP contribution in [0, 0.1) is 0 Å². The van der Waals surface area contributed by atoms with E-state index in [9.17, 15) is 4.79 Å². The van der Waals surface area contributed by atoms with Crippen LogP contribution >= 0.6 is 0 Å². The van der Waals surface area contributed by atoms with Crippen LogP contribution in [-0.2, 0) is 17.8 Å². The Morgan fingerprint density at radius 3 is 2.61 bits per heavy atom. The second kappa shape index (κ2) is 8.96. The molecule has 33 heavy (non-hydrogen) atoms. The SMILES string of the molecule is CC(=O)Cc1cncc(-c2nc(NCc3ccccn3)c3c(-c4ccccc4)ccn3n2)n1. The van der Waals surface area contributed by atoms with Gasteiger partial charge in [-0.05, 0) is 30.7 Å². The molecule has 0 unspecified atom stereocenters. The lowest BCUT2D eigenvalue weighted by molar-refractivity contribution is -0.116. The lowest BCUT2D eigenvalue weighted by Gasteiger charge is -2.11. The monoisotopic (exact) mass is 435 g/mol. The summed E-state index contributed by atoms with van der Waals surface area (Å²) in [6.45, 7) is 2.03. The van der Waals surface area contributed by atoms with E-state index in [0.717, 1.165) is 22.3 Å². The summed E-state index contributed by atoms with van der Waals surface area (Å²) in [5.41, 5.74) is 4.93. The molecule has 0 amide bonds. The molecular formula is C25H21N7O. The fourth-order valence-corrected chi connectivity index (χ4v) is 3.64. The highest BCUT2D eigenvalue weighted by Gasteiger charge is 2.16. The van der Waals surface area contributed by atoms with Gasteiger partial charge in [-0.2, -0.15) is 0 Å². The van der Waals surface area contributed by atoms with E-state index in [1.807, 2.05) is 48.7 Å². The normalized spacial score (nSPS) is 10.9. The van der Waals surface area contributed by atoms with Crippen LogP contribution in [0.25, 0.3) is 28.2 Å². The first-order valence-electron chi connectivity index (χ1n) is 10.6. The molecule has 5 aromatic rings. The van der Waals surface area contributed by atoms with E-state index in [1.54, 1.807) is 23.1 Å². The van der Waals surface area contributed by atoms with Gasteiger partial charge < -0.3 is 5.32 Å². The number of pyridine rings is 1. The summed E-state index contributed by atoms with van der Waals surface area (Å²) in [6, 6.07) is 17.9. The topological polar surface area (TPSA) is 98.0 Å². The molecule has 1 N–H and O–H groups in total. The number of benzene rings is 1. The molecule has 8 nitrogen and oxygen atoms in total. The van der Waals surface area contributed by atoms with Crippen LogP contribution in [0.5, 0.6) is 0 Å². The number of aromatic nitrogens is 6. The molecule has 0 aliphatic carbocycles. The van der Waals surface area contributed by atoms with Gasteiger partial charge in [0.05, 0.1) is 24.1 Å². The van der Waals surface area contributed by atoms with Crippen LogP contribution in [0.15, 0.2) is 79.4 Å². The van der Waals surface area contributed by atoms with Crippen molar-refractivity contribution in [1.82, 2.24) is 29.5 Å². The Morgan fingerprint density at radius 1 is 0.970 bits per heavy atom. The average Bonchev–Trinajstić information content (AvgIpc) is 3.28. The average molecular weight is 435 g/mol. The second-order valence-corrected chi connectivity index (χ2v) is 7.62. The van der Waals surface area contributed by atoms with Gasteiger partial charge in [0.25, 0.3) is 0 Å². The number of fused-ring (bicyclic) bond motifs is 1. The molecule has 8 heteroatoms.